The average Bonchev–Trinajstić information content (AvgIpc) is 3.52. The van der Waals surface area contributed by atoms with E-state index in [2.05, 4.69) is 20.5 Å². The molecule has 1 saturated heterocycles. The highest BCUT2D eigenvalue weighted by Gasteiger charge is 2.55. The number of carbonyl (C=O) groups is 2. The fourth-order valence-corrected chi connectivity index (χ4v) is 3.87. The molecule has 168 valence electrons. The van der Waals surface area contributed by atoms with Crippen molar-refractivity contribution in [1.29, 1.82) is 0 Å². The second-order valence-electron chi connectivity index (χ2n) is 7.26. The summed E-state index contributed by atoms with van der Waals surface area (Å²) in [7, 11) is 2.98. The van der Waals surface area contributed by atoms with Gasteiger partial charge in [-0.25, -0.2) is 4.90 Å². The first-order valence-electron chi connectivity index (χ1n) is 9.86. The van der Waals surface area contributed by atoms with Gasteiger partial charge < -0.3 is 14.0 Å². The number of rotatable bonds is 6. The van der Waals surface area contributed by atoms with Gasteiger partial charge in [0.1, 0.15) is 6.54 Å². The van der Waals surface area contributed by atoms with Gasteiger partial charge in [0, 0.05) is 16.7 Å². The normalized spacial score (nSPS) is 19.4. The van der Waals surface area contributed by atoms with Crippen LogP contribution in [0.4, 0.5) is 5.69 Å². The van der Waals surface area contributed by atoms with Gasteiger partial charge in [0.05, 0.1) is 19.9 Å². The van der Waals surface area contributed by atoms with Gasteiger partial charge in [0.2, 0.25) is 11.7 Å². The number of nitrogens with zero attached hydrogens (tertiary/aromatic N) is 6. The minimum atomic E-state index is -0.954. The molecular formula is C21H17ClN6O5. The third kappa shape index (κ3) is 3.55. The lowest BCUT2D eigenvalue weighted by molar-refractivity contribution is -0.123. The minimum absolute atomic E-state index is 0.0179. The second-order valence-corrected chi connectivity index (χ2v) is 7.70. The summed E-state index contributed by atoms with van der Waals surface area (Å²) in [5.74, 6) is 0.538. The van der Waals surface area contributed by atoms with Crippen LogP contribution in [0.1, 0.15) is 5.89 Å². The van der Waals surface area contributed by atoms with E-state index in [1.54, 1.807) is 42.5 Å². The fraction of sp³-hybridized carbons (Fsp3) is 0.238. The standard InChI is InChI=1S/C21H17ClN6O5/c1-31-14-8-7-13(9-15(14)32-2)28-20(29)17-18(21(28)30)27(26-24-17)10-16-23-19(25-33-16)11-3-5-12(22)6-4-11/h3-9,17-18H,10H2,1-2H3. The van der Waals surface area contributed by atoms with Crippen molar-refractivity contribution < 1.29 is 23.6 Å². The summed E-state index contributed by atoms with van der Waals surface area (Å²) in [6.07, 6.45) is 0. The van der Waals surface area contributed by atoms with Crippen molar-refractivity contribution in [2.45, 2.75) is 18.6 Å². The molecule has 2 amide bonds. The zero-order valence-electron chi connectivity index (χ0n) is 17.5. The van der Waals surface area contributed by atoms with E-state index in [9.17, 15) is 9.59 Å². The Morgan fingerprint density at radius 1 is 1.03 bits per heavy atom. The molecule has 12 heteroatoms. The maximum absolute atomic E-state index is 13.2. The molecule has 1 aromatic heterocycles. The van der Waals surface area contributed by atoms with Crippen LogP contribution in [-0.2, 0) is 16.1 Å². The van der Waals surface area contributed by atoms with Crippen LogP contribution in [0.5, 0.6) is 11.5 Å². The minimum Gasteiger partial charge on any atom is -0.493 e. The van der Waals surface area contributed by atoms with Gasteiger partial charge in [-0.15, -0.1) is 0 Å². The zero-order valence-corrected chi connectivity index (χ0v) is 18.3. The largest absolute Gasteiger partial charge is 0.493 e. The number of imide groups is 1. The van der Waals surface area contributed by atoms with Gasteiger partial charge in [-0.2, -0.15) is 10.1 Å². The molecule has 2 aliphatic heterocycles. The molecule has 0 radical (unpaired) electrons. The predicted octanol–water partition coefficient (Wildman–Crippen LogP) is 2.90. The first-order valence-corrected chi connectivity index (χ1v) is 10.2. The quantitative estimate of drug-likeness (QED) is 0.506. The van der Waals surface area contributed by atoms with Crippen LogP contribution in [0.3, 0.4) is 0 Å². The van der Waals surface area contributed by atoms with Crippen LogP contribution in [0.2, 0.25) is 5.02 Å². The first kappa shape index (κ1) is 20.9. The molecule has 3 heterocycles. The van der Waals surface area contributed by atoms with Crippen molar-refractivity contribution >= 4 is 29.1 Å². The molecule has 0 bridgehead atoms. The van der Waals surface area contributed by atoms with Crippen molar-refractivity contribution in [2.75, 3.05) is 19.1 Å². The van der Waals surface area contributed by atoms with E-state index in [1.165, 1.54) is 19.2 Å². The van der Waals surface area contributed by atoms with Gasteiger partial charge in [0.15, 0.2) is 23.6 Å². The molecule has 3 aromatic rings. The Labute approximate surface area is 192 Å². The lowest BCUT2D eigenvalue weighted by Gasteiger charge is -2.20. The Morgan fingerprint density at radius 2 is 1.79 bits per heavy atom. The Kier molecular flexibility index (Phi) is 5.17. The van der Waals surface area contributed by atoms with Crippen molar-refractivity contribution in [3.05, 3.63) is 53.4 Å². The number of hydrogen-bond donors (Lipinski definition) is 0. The molecule has 0 aliphatic carbocycles. The van der Waals surface area contributed by atoms with Gasteiger partial charge in [-0.05, 0) is 36.4 Å². The monoisotopic (exact) mass is 468 g/mol. The molecule has 2 atom stereocenters. The molecule has 11 nitrogen and oxygen atoms in total. The molecule has 2 aliphatic rings. The number of methoxy groups -OCH3 is 2. The van der Waals surface area contributed by atoms with Gasteiger partial charge in [0.25, 0.3) is 11.8 Å². The Hall–Kier alpha value is -3.99. The molecule has 1 fully saturated rings. The van der Waals surface area contributed by atoms with Gasteiger partial charge >= 0.3 is 0 Å². The Bertz CT molecular complexity index is 1260. The van der Waals surface area contributed by atoms with Gasteiger partial charge in [-0.1, -0.05) is 22.0 Å². The maximum Gasteiger partial charge on any atom is 0.263 e. The lowest BCUT2D eigenvalue weighted by atomic mass is 10.1. The van der Waals surface area contributed by atoms with E-state index in [0.29, 0.717) is 28.0 Å². The van der Waals surface area contributed by atoms with Crippen LogP contribution in [-0.4, -0.2) is 53.3 Å². The number of halogens is 1. The van der Waals surface area contributed by atoms with Crippen molar-refractivity contribution in [2.24, 2.45) is 10.3 Å². The van der Waals surface area contributed by atoms with Crippen LogP contribution < -0.4 is 14.4 Å². The summed E-state index contributed by atoms with van der Waals surface area (Å²) in [5.41, 5.74) is 1.08. The van der Waals surface area contributed by atoms with Crippen LogP contribution >= 0.6 is 11.6 Å². The summed E-state index contributed by atoms with van der Waals surface area (Å²) in [5, 5.41) is 13.9. The highest BCUT2D eigenvalue weighted by Crippen LogP contribution is 2.37. The summed E-state index contributed by atoms with van der Waals surface area (Å²) in [6, 6.07) is 9.91. The molecule has 0 saturated carbocycles. The predicted molar refractivity (Wildman–Crippen MR) is 115 cm³/mol. The molecule has 2 unspecified atom stereocenters. The molecule has 0 N–H and O–H groups in total. The highest BCUT2D eigenvalue weighted by molar-refractivity contribution is 6.30. The smallest absolute Gasteiger partial charge is 0.263 e. The first-order chi connectivity index (χ1) is 16.0. The summed E-state index contributed by atoms with van der Waals surface area (Å²) < 4.78 is 15.8. The molecule has 2 aromatic carbocycles. The molecule has 33 heavy (non-hydrogen) atoms. The zero-order chi connectivity index (χ0) is 23.1. The number of ether oxygens (including phenoxy) is 2. The second kappa shape index (κ2) is 8.17. The van der Waals surface area contributed by atoms with E-state index in [0.717, 1.165) is 10.5 Å². The summed E-state index contributed by atoms with van der Waals surface area (Å²) in [4.78, 5) is 31.6. The number of fused-ring (bicyclic) bond motifs is 1. The van der Waals surface area contributed by atoms with E-state index < -0.39 is 23.9 Å². The van der Waals surface area contributed by atoms with Crippen molar-refractivity contribution in [1.82, 2.24) is 15.1 Å². The number of benzene rings is 2. The number of hydrogen-bond acceptors (Lipinski definition) is 10. The van der Waals surface area contributed by atoms with Gasteiger partial charge in [-0.3, -0.25) is 14.6 Å². The highest BCUT2D eigenvalue weighted by atomic mass is 35.5. The van der Waals surface area contributed by atoms with Crippen LogP contribution in [0.25, 0.3) is 11.4 Å². The number of aromatic nitrogens is 2. The van der Waals surface area contributed by atoms with E-state index in [4.69, 9.17) is 25.6 Å². The third-order valence-corrected chi connectivity index (χ3v) is 5.60. The summed E-state index contributed by atoms with van der Waals surface area (Å²) in [6.45, 7) is 0.0179. The summed E-state index contributed by atoms with van der Waals surface area (Å²) >= 11 is 5.91. The Balaban J connectivity index is 1.36. The van der Waals surface area contributed by atoms with Crippen LogP contribution in [0, 0.1) is 0 Å². The van der Waals surface area contributed by atoms with E-state index in [-0.39, 0.29) is 12.4 Å². The van der Waals surface area contributed by atoms with E-state index in [1.807, 2.05) is 0 Å². The lowest BCUT2D eigenvalue weighted by Crippen LogP contribution is -2.39. The van der Waals surface area contributed by atoms with Crippen molar-refractivity contribution in [3.63, 3.8) is 0 Å². The van der Waals surface area contributed by atoms with Crippen LogP contribution in [0.15, 0.2) is 57.3 Å². The number of carbonyl (C=O) groups excluding carboxylic acids is 2. The maximum atomic E-state index is 13.2. The number of anilines is 1. The Morgan fingerprint density at radius 3 is 2.52 bits per heavy atom. The number of amides is 2. The van der Waals surface area contributed by atoms with E-state index >= 15 is 0 Å². The molecular weight excluding hydrogens is 452 g/mol. The molecule has 0 spiro atoms. The van der Waals surface area contributed by atoms with Crippen molar-refractivity contribution in [3.8, 4) is 22.9 Å². The molecule has 5 rings (SSSR count). The SMILES string of the molecule is COc1ccc(N2C(=O)C3N=NN(Cc4nc(-c5ccc(Cl)cc5)no4)C3C2=O)cc1OC. The average molecular weight is 469 g/mol. The topological polar surface area (TPSA) is 123 Å². The third-order valence-electron chi connectivity index (χ3n) is 5.35. The fourth-order valence-electron chi connectivity index (χ4n) is 3.75.